The second-order valence-electron chi connectivity index (χ2n) is 6.90. The summed E-state index contributed by atoms with van der Waals surface area (Å²) in [7, 11) is 0. The summed E-state index contributed by atoms with van der Waals surface area (Å²) in [6.07, 6.45) is 3.38. The molecule has 2 aliphatic rings. The lowest BCUT2D eigenvalue weighted by Gasteiger charge is -2.34. The van der Waals surface area contributed by atoms with Crippen molar-refractivity contribution < 1.29 is 23.1 Å². The summed E-state index contributed by atoms with van der Waals surface area (Å²) < 4.78 is 31.7. The third-order valence-corrected chi connectivity index (χ3v) is 4.95. The van der Waals surface area contributed by atoms with Crippen molar-refractivity contribution in [2.45, 2.75) is 19.1 Å². The lowest BCUT2D eigenvalue weighted by molar-refractivity contribution is -0.192. The van der Waals surface area contributed by atoms with Crippen LogP contribution in [0.2, 0.25) is 0 Å². The van der Waals surface area contributed by atoms with Crippen molar-refractivity contribution >= 4 is 11.8 Å². The Balaban J connectivity index is 0.000000279. The molecule has 28 heavy (non-hydrogen) atoms. The number of aliphatic carboxylic acids is 1. The maximum absolute atomic E-state index is 10.6. The summed E-state index contributed by atoms with van der Waals surface area (Å²) >= 11 is 0. The van der Waals surface area contributed by atoms with Gasteiger partial charge < -0.3 is 10.0 Å². The molecule has 2 aromatic rings. The second kappa shape index (κ2) is 8.55. The molecule has 2 fully saturated rings. The number of alkyl halides is 3. The number of halogens is 3. The number of anilines is 1. The molecular formula is C17H21F3N6O2. The SMILES string of the molecule is O=C(O)C(F)(F)F.c1cnc(N2CC[C@@H]3CN(Cc4ccn[nH]4)C[C@@H]3C2)cn1. The van der Waals surface area contributed by atoms with Gasteiger partial charge in [-0.1, -0.05) is 0 Å². The van der Waals surface area contributed by atoms with Gasteiger partial charge in [0.05, 0.1) is 6.20 Å². The lowest BCUT2D eigenvalue weighted by Crippen LogP contribution is -2.40. The molecule has 8 nitrogen and oxygen atoms in total. The molecule has 0 aliphatic carbocycles. The third-order valence-electron chi connectivity index (χ3n) is 4.95. The molecule has 2 saturated heterocycles. The molecule has 0 amide bonds. The van der Waals surface area contributed by atoms with Crippen molar-refractivity contribution in [3.63, 3.8) is 0 Å². The topological polar surface area (TPSA) is 98.2 Å². The number of H-pyrrole nitrogens is 1. The number of likely N-dealkylation sites (tertiary alicyclic amines) is 1. The van der Waals surface area contributed by atoms with Crippen LogP contribution in [0.5, 0.6) is 0 Å². The Morgan fingerprint density at radius 3 is 2.57 bits per heavy atom. The Labute approximate surface area is 159 Å². The van der Waals surface area contributed by atoms with Gasteiger partial charge in [-0.05, 0) is 24.3 Å². The first kappa shape index (κ1) is 20.1. The second-order valence-corrected chi connectivity index (χ2v) is 6.90. The lowest BCUT2D eigenvalue weighted by atomic mass is 9.89. The first-order valence-corrected chi connectivity index (χ1v) is 8.84. The quantitative estimate of drug-likeness (QED) is 0.813. The molecule has 0 aromatic carbocycles. The van der Waals surface area contributed by atoms with E-state index in [1.807, 2.05) is 12.4 Å². The zero-order valence-corrected chi connectivity index (χ0v) is 15.0. The van der Waals surface area contributed by atoms with E-state index < -0.39 is 12.1 Å². The highest BCUT2D eigenvalue weighted by Crippen LogP contribution is 2.33. The zero-order chi connectivity index (χ0) is 20.1. The maximum Gasteiger partial charge on any atom is 0.490 e. The molecule has 4 heterocycles. The van der Waals surface area contributed by atoms with E-state index in [1.54, 1.807) is 12.4 Å². The van der Waals surface area contributed by atoms with Crippen LogP contribution < -0.4 is 4.90 Å². The van der Waals surface area contributed by atoms with E-state index in [1.165, 1.54) is 25.2 Å². The summed E-state index contributed by atoms with van der Waals surface area (Å²) in [6.45, 7) is 5.55. The molecule has 2 aliphatic heterocycles. The molecule has 0 saturated carbocycles. The fourth-order valence-electron chi connectivity index (χ4n) is 3.67. The minimum absolute atomic E-state index is 0.740. The van der Waals surface area contributed by atoms with Gasteiger partial charge in [-0.25, -0.2) is 9.78 Å². The van der Waals surface area contributed by atoms with Gasteiger partial charge in [0.15, 0.2) is 0 Å². The van der Waals surface area contributed by atoms with Crippen molar-refractivity contribution in [1.29, 1.82) is 0 Å². The minimum Gasteiger partial charge on any atom is -0.475 e. The van der Waals surface area contributed by atoms with Crippen molar-refractivity contribution in [2.24, 2.45) is 11.8 Å². The van der Waals surface area contributed by atoms with E-state index in [2.05, 4.69) is 36.0 Å². The molecule has 0 bridgehead atoms. The highest BCUT2D eigenvalue weighted by molar-refractivity contribution is 5.73. The Kier molecular flexibility index (Phi) is 6.12. The normalized spacial score (nSPS) is 22.3. The van der Waals surface area contributed by atoms with E-state index in [-0.39, 0.29) is 0 Å². The molecule has 4 rings (SSSR count). The Hall–Kier alpha value is -2.69. The molecule has 0 unspecified atom stereocenters. The number of rotatable bonds is 3. The van der Waals surface area contributed by atoms with Crippen LogP contribution in [0.3, 0.4) is 0 Å². The Morgan fingerprint density at radius 1 is 1.21 bits per heavy atom. The average Bonchev–Trinajstić information content (AvgIpc) is 3.31. The molecule has 0 radical (unpaired) electrons. The number of nitrogens with zero attached hydrogens (tertiary/aromatic N) is 5. The van der Waals surface area contributed by atoms with Crippen LogP contribution >= 0.6 is 0 Å². The number of hydrogen-bond acceptors (Lipinski definition) is 6. The van der Waals surface area contributed by atoms with Gasteiger partial charge in [0.2, 0.25) is 0 Å². The largest absolute Gasteiger partial charge is 0.490 e. The summed E-state index contributed by atoms with van der Waals surface area (Å²) in [4.78, 5) is 22.4. The van der Waals surface area contributed by atoms with E-state index >= 15 is 0 Å². The van der Waals surface area contributed by atoms with Crippen LogP contribution in [0.1, 0.15) is 12.1 Å². The van der Waals surface area contributed by atoms with Gasteiger partial charge in [0.25, 0.3) is 0 Å². The van der Waals surface area contributed by atoms with Crippen molar-refractivity contribution in [1.82, 2.24) is 25.1 Å². The van der Waals surface area contributed by atoms with Gasteiger partial charge in [0, 0.05) is 57.0 Å². The van der Waals surface area contributed by atoms with Crippen molar-refractivity contribution in [3.05, 3.63) is 36.5 Å². The maximum atomic E-state index is 10.6. The first-order chi connectivity index (χ1) is 13.3. The Morgan fingerprint density at radius 2 is 1.96 bits per heavy atom. The van der Waals surface area contributed by atoms with Crippen LogP contribution in [0.15, 0.2) is 30.9 Å². The standard InChI is InChI=1S/C15H20N6.C2HF3O2/c1-3-18-19-14(1)11-20-8-12-2-6-21(10-13(12)9-20)15-7-16-4-5-17-15;3-2(4,5)1(6)7/h1,3-5,7,12-13H,2,6,8-11H2,(H,18,19);(H,6,7)/t12-,13-;/m1./s1. The fraction of sp³-hybridized carbons (Fsp3) is 0.529. The highest BCUT2D eigenvalue weighted by Gasteiger charge is 2.38. The molecule has 2 N–H and O–H groups in total. The molecule has 11 heteroatoms. The monoisotopic (exact) mass is 398 g/mol. The smallest absolute Gasteiger partial charge is 0.475 e. The number of carboxylic acid groups (broad SMARTS) is 1. The average molecular weight is 398 g/mol. The number of carbonyl (C=O) groups is 1. The summed E-state index contributed by atoms with van der Waals surface area (Å²) in [5, 5.41) is 14.2. The summed E-state index contributed by atoms with van der Waals surface area (Å²) in [5.74, 6) is -0.181. The van der Waals surface area contributed by atoms with Crippen LogP contribution in [0.25, 0.3) is 0 Å². The van der Waals surface area contributed by atoms with Crippen LogP contribution in [-0.4, -0.2) is 68.5 Å². The summed E-state index contributed by atoms with van der Waals surface area (Å²) in [5.41, 5.74) is 1.21. The van der Waals surface area contributed by atoms with Crippen LogP contribution in [-0.2, 0) is 11.3 Å². The van der Waals surface area contributed by atoms with Crippen LogP contribution in [0, 0.1) is 11.8 Å². The third kappa shape index (κ3) is 5.18. The van der Waals surface area contributed by atoms with Gasteiger partial charge in [-0.15, -0.1) is 0 Å². The van der Waals surface area contributed by atoms with E-state index in [0.29, 0.717) is 0 Å². The van der Waals surface area contributed by atoms with Gasteiger partial charge in [-0.3, -0.25) is 15.0 Å². The highest BCUT2D eigenvalue weighted by atomic mass is 19.4. The van der Waals surface area contributed by atoms with Gasteiger partial charge >= 0.3 is 12.1 Å². The van der Waals surface area contributed by atoms with Gasteiger partial charge in [-0.2, -0.15) is 18.3 Å². The molecular weight excluding hydrogens is 377 g/mol. The minimum atomic E-state index is -5.08. The number of carboxylic acids is 1. The fourth-order valence-corrected chi connectivity index (χ4v) is 3.67. The number of nitrogens with one attached hydrogen (secondary N) is 1. The van der Waals surface area contributed by atoms with Crippen LogP contribution in [0.4, 0.5) is 19.0 Å². The van der Waals surface area contributed by atoms with E-state index in [0.717, 1.165) is 37.3 Å². The summed E-state index contributed by atoms with van der Waals surface area (Å²) in [6, 6.07) is 2.06. The van der Waals surface area contributed by atoms with E-state index in [9.17, 15) is 13.2 Å². The van der Waals surface area contributed by atoms with Crippen molar-refractivity contribution in [2.75, 3.05) is 31.1 Å². The van der Waals surface area contributed by atoms with Crippen molar-refractivity contribution in [3.8, 4) is 0 Å². The zero-order valence-electron chi connectivity index (χ0n) is 15.0. The predicted octanol–water partition coefficient (Wildman–Crippen LogP) is 1.79. The molecule has 152 valence electrons. The number of piperidine rings is 1. The molecule has 0 spiro atoms. The molecule has 2 aromatic heterocycles. The Bertz CT molecular complexity index is 756. The number of hydrogen-bond donors (Lipinski definition) is 2. The predicted molar refractivity (Wildman–Crippen MR) is 93.4 cm³/mol. The number of aromatic nitrogens is 4. The van der Waals surface area contributed by atoms with Gasteiger partial charge in [0.1, 0.15) is 5.82 Å². The first-order valence-electron chi connectivity index (χ1n) is 8.84. The number of aromatic amines is 1. The molecule has 2 atom stereocenters. The number of fused-ring (bicyclic) bond motifs is 1. The van der Waals surface area contributed by atoms with E-state index in [4.69, 9.17) is 9.90 Å².